The number of anilines is 1. The van der Waals surface area contributed by atoms with Crippen molar-refractivity contribution in [3.05, 3.63) is 17.8 Å². The molecule has 19 heavy (non-hydrogen) atoms. The Bertz CT molecular complexity index is 405. The molecule has 0 saturated heterocycles. The molecule has 0 aliphatic heterocycles. The topological polar surface area (TPSA) is 55.0 Å². The third kappa shape index (κ3) is 2.73. The van der Waals surface area contributed by atoms with Gasteiger partial charge in [0.15, 0.2) is 5.82 Å². The highest BCUT2D eigenvalue weighted by atomic mass is 15.3. The molecule has 2 N–H and O–H groups in total. The van der Waals surface area contributed by atoms with Crippen LogP contribution in [0.15, 0.2) is 12.1 Å². The van der Waals surface area contributed by atoms with Gasteiger partial charge in [-0.2, -0.15) is 5.10 Å². The highest BCUT2D eigenvalue weighted by Gasteiger charge is 2.24. The van der Waals surface area contributed by atoms with Gasteiger partial charge >= 0.3 is 0 Å². The van der Waals surface area contributed by atoms with Gasteiger partial charge in [-0.15, -0.1) is 5.10 Å². The lowest BCUT2D eigenvalue weighted by molar-refractivity contribution is 0.382. The van der Waals surface area contributed by atoms with Crippen LogP contribution in [0.5, 0.6) is 0 Å². The Morgan fingerprint density at radius 2 is 1.79 bits per heavy atom. The minimum atomic E-state index is 0.400. The fourth-order valence-electron chi connectivity index (χ4n) is 3.12. The summed E-state index contributed by atoms with van der Waals surface area (Å²) in [6.07, 6.45) is 8.50. The molecule has 2 fully saturated rings. The van der Waals surface area contributed by atoms with Crippen LogP contribution in [0.3, 0.4) is 0 Å². The van der Waals surface area contributed by atoms with Gasteiger partial charge in [0.2, 0.25) is 0 Å². The van der Waals surface area contributed by atoms with Crippen LogP contribution in [0.25, 0.3) is 0 Å². The van der Waals surface area contributed by atoms with Crippen molar-refractivity contribution in [2.45, 2.75) is 62.9 Å². The van der Waals surface area contributed by atoms with E-state index in [2.05, 4.69) is 34.3 Å². The van der Waals surface area contributed by atoms with E-state index in [1.54, 1.807) is 0 Å². The number of aromatic nitrogens is 2. The molecular weight excluding hydrogens is 236 g/mol. The van der Waals surface area contributed by atoms with Gasteiger partial charge in [0.1, 0.15) is 0 Å². The number of rotatable bonds is 3. The average molecular weight is 260 g/mol. The third-order valence-electron chi connectivity index (χ3n) is 4.84. The molecule has 4 nitrogen and oxygen atoms in total. The van der Waals surface area contributed by atoms with E-state index in [0.717, 1.165) is 18.7 Å². The average Bonchev–Trinajstić information content (AvgIpc) is 2.38. The van der Waals surface area contributed by atoms with Crippen LogP contribution in [0.4, 0.5) is 5.82 Å². The van der Waals surface area contributed by atoms with Crippen molar-refractivity contribution in [2.75, 3.05) is 11.9 Å². The minimum Gasteiger partial charge on any atom is -0.355 e. The summed E-state index contributed by atoms with van der Waals surface area (Å²) in [5.41, 5.74) is 7.14. The van der Waals surface area contributed by atoms with Gasteiger partial charge in [-0.3, -0.25) is 0 Å². The van der Waals surface area contributed by atoms with Crippen LogP contribution in [-0.2, 0) is 0 Å². The van der Waals surface area contributed by atoms with Crippen molar-refractivity contribution in [1.29, 1.82) is 0 Å². The standard InChI is InChI=1S/C15H24N4/c1-19(13-7-5-12(16)6-8-13)15-10-9-14(17-18-15)11-3-2-4-11/h9-13H,2-8,16H2,1H3. The number of nitrogens with zero attached hydrogens (tertiary/aromatic N) is 3. The second kappa shape index (κ2) is 5.45. The van der Waals surface area contributed by atoms with E-state index in [1.807, 2.05) is 0 Å². The first-order valence-electron chi connectivity index (χ1n) is 7.56. The Kier molecular flexibility index (Phi) is 3.69. The van der Waals surface area contributed by atoms with Crippen molar-refractivity contribution < 1.29 is 0 Å². The summed E-state index contributed by atoms with van der Waals surface area (Å²) >= 11 is 0. The predicted molar refractivity (Wildman–Crippen MR) is 77.3 cm³/mol. The molecule has 0 spiro atoms. The lowest BCUT2D eigenvalue weighted by Gasteiger charge is -2.34. The Morgan fingerprint density at radius 3 is 2.32 bits per heavy atom. The Labute approximate surface area is 115 Å². The molecular formula is C15H24N4. The van der Waals surface area contributed by atoms with Crippen LogP contribution in [0.2, 0.25) is 0 Å². The van der Waals surface area contributed by atoms with Crippen molar-refractivity contribution in [2.24, 2.45) is 5.73 Å². The van der Waals surface area contributed by atoms with E-state index in [-0.39, 0.29) is 0 Å². The van der Waals surface area contributed by atoms with Gasteiger partial charge < -0.3 is 10.6 Å². The van der Waals surface area contributed by atoms with Gasteiger partial charge in [-0.1, -0.05) is 6.42 Å². The van der Waals surface area contributed by atoms with Gasteiger partial charge in [0.05, 0.1) is 5.69 Å². The summed E-state index contributed by atoms with van der Waals surface area (Å²) in [6, 6.07) is 5.27. The highest BCUT2D eigenvalue weighted by molar-refractivity contribution is 5.38. The van der Waals surface area contributed by atoms with Gasteiger partial charge in [-0.05, 0) is 50.7 Å². The number of nitrogens with two attached hydrogens (primary N) is 1. The van der Waals surface area contributed by atoms with E-state index in [4.69, 9.17) is 5.73 Å². The second-order valence-electron chi connectivity index (χ2n) is 6.12. The molecule has 104 valence electrons. The minimum absolute atomic E-state index is 0.400. The summed E-state index contributed by atoms with van der Waals surface area (Å²) < 4.78 is 0. The van der Waals surface area contributed by atoms with E-state index in [9.17, 15) is 0 Å². The van der Waals surface area contributed by atoms with Crippen molar-refractivity contribution >= 4 is 5.82 Å². The summed E-state index contributed by atoms with van der Waals surface area (Å²) in [4.78, 5) is 2.28. The number of hydrogen-bond acceptors (Lipinski definition) is 4. The Hall–Kier alpha value is -1.16. The van der Waals surface area contributed by atoms with E-state index in [1.165, 1.54) is 37.8 Å². The maximum absolute atomic E-state index is 5.96. The maximum atomic E-state index is 5.96. The van der Waals surface area contributed by atoms with E-state index in [0.29, 0.717) is 18.0 Å². The molecule has 0 unspecified atom stereocenters. The van der Waals surface area contributed by atoms with Gasteiger partial charge in [0, 0.05) is 25.0 Å². The van der Waals surface area contributed by atoms with Crippen LogP contribution >= 0.6 is 0 Å². The number of hydrogen-bond donors (Lipinski definition) is 1. The molecule has 2 saturated carbocycles. The molecule has 4 heteroatoms. The molecule has 0 amide bonds. The Balaban J connectivity index is 1.64. The molecule has 3 rings (SSSR count). The summed E-state index contributed by atoms with van der Waals surface area (Å²) in [7, 11) is 2.13. The zero-order valence-electron chi connectivity index (χ0n) is 11.8. The maximum Gasteiger partial charge on any atom is 0.151 e. The first kappa shape index (κ1) is 12.9. The first-order valence-corrected chi connectivity index (χ1v) is 7.56. The molecule has 1 aromatic rings. The fourth-order valence-corrected chi connectivity index (χ4v) is 3.12. The summed E-state index contributed by atoms with van der Waals surface area (Å²) in [5, 5.41) is 8.84. The van der Waals surface area contributed by atoms with Crippen molar-refractivity contribution in [3.63, 3.8) is 0 Å². The van der Waals surface area contributed by atoms with Gasteiger partial charge in [-0.25, -0.2) is 0 Å². The van der Waals surface area contributed by atoms with Crippen LogP contribution in [-0.4, -0.2) is 29.3 Å². The predicted octanol–water partition coefficient (Wildman–Crippen LogP) is 2.45. The molecule has 2 aliphatic rings. The molecule has 0 aromatic carbocycles. The molecule has 2 aliphatic carbocycles. The van der Waals surface area contributed by atoms with E-state index >= 15 is 0 Å². The van der Waals surface area contributed by atoms with Gasteiger partial charge in [0.25, 0.3) is 0 Å². The zero-order chi connectivity index (χ0) is 13.2. The Morgan fingerprint density at radius 1 is 1.05 bits per heavy atom. The smallest absolute Gasteiger partial charge is 0.151 e. The molecule has 0 bridgehead atoms. The molecule has 0 atom stereocenters. The second-order valence-corrected chi connectivity index (χ2v) is 6.12. The zero-order valence-corrected chi connectivity index (χ0v) is 11.8. The lowest BCUT2D eigenvalue weighted by Crippen LogP contribution is -2.39. The van der Waals surface area contributed by atoms with Crippen LogP contribution in [0, 0.1) is 0 Å². The van der Waals surface area contributed by atoms with Crippen molar-refractivity contribution in [3.8, 4) is 0 Å². The highest BCUT2D eigenvalue weighted by Crippen LogP contribution is 2.35. The summed E-state index contributed by atoms with van der Waals surface area (Å²) in [5.74, 6) is 1.67. The summed E-state index contributed by atoms with van der Waals surface area (Å²) in [6.45, 7) is 0. The van der Waals surface area contributed by atoms with Crippen LogP contribution in [0.1, 0.15) is 56.6 Å². The van der Waals surface area contributed by atoms with E-state index < -0.39 is 0 Å². The van der Waals surface area contributed by atoms with Crippen molar-refractivity contribution in [1.82, 2.24) is 10.2 Å². The normalized spacial score (nSPS) is 27.9. The lowest BCUT2D eigenvalue weighted by atomic mass is 9.83. The SMILES string of the molecule is CN(c1ccc(C2CCC2)nn1)C1CCC(N)CC1. The first-order chi connectivity index (χ1) is 9.24. The molecule has 1 aromatic heterocycles. The third-order valence-corrected chi connectivity index (χ3v) is 4.84. The monoisotopic (exact) mass is 260 g/mol. The van der Waals surface area contributed by atoms with Crippen LogP contribution < -0.4 is 10.6 Å². The fraction of sp³-hybridized carbons (Fsp3) is 0.733. The molecule has 1 heterocycles. The largest absolute Gasteiger partial charge is 0.355 e. The molecule has 0 radical (unpaired) electrons. The quantitative estimate of drug-likeness (QED) is 0.907.